The highest BCUT2D eigenvalue weighted by Gasteiger charge is 2.31. The number of H-pyrrole nitrogens is 1. The Morgan fingerprint density at radius 1 is 1.28 bits per heavy atom. The van der Waals surface area contributed by atoms with E-state index < -0.39 is 11.0 Å². The average Bonchev–Trinajstić information content (AvgIpc) is 3.38. The largest absolute Gasteiger partial charge is 0.465 e. The molecule has 1 aliphatic rings. The summed E-state index contributed by atoms with van der Waals surface area (Å²) in [6.45, 7) is 0.491. The van der Waals surface area contributed by atoms with Gasteiger partial charge >= 0.3 is 6.09 Å². The summed E-state index contributed by atoms with van der Waals surface area (Å²) in [7, 11) is 0. The third-order valence-electron chi connectivity index (χ3n) is 4.85. The Morgan fingerprint density at radius 2 is 2.07 bits per heavy atom. The van der Waals surface area contributed by atoms with Crippen LogP contribution in [0.5, 0.6) is 0 Å². The second kappa shape index (κ2) is 7.96. The number of carboxylic acid groups (broad SMARTS) is 1. The number of nitrogens with zero attached hydrogens (tertiary/aromatic N) is 3. The van der Waals surface area contributed by atoms with E-state index in [0.717, 1.165) is 16.9 Å². The second-order valence-electron chi connectivity index (χ2n) is 6.67. The second-order valence-corrected chi connectivity index (χ2v) is 7.79. The number of aromatic amines is 1. The van der Waals surface area contributed by atoms with Gasteiger partial charge in [-0.3, -0.25) is 15.0 Å². The number of nitrogens with one attached hydrogen (secondary N) is 1. The third kappa shape index (κ3) is 3.95. The maximum Gasteiger partial charge on any atom is 0.407 e. The van der Waals surface area contributed by atoms with Crippen molar-refractivity contribution >= 4 is 23.5 Å². The van der Waals surface area contributed by atoms with Crippen molar-refractivity contribution < 1.29 is 14.8 Å². The first-order valence-electron chi connectivity index (χ1n) is 9.09. The Labute approximate surface area is 170 Å². The minimum Gasteiger partial charge on any atom is -0.465 e. The van der Waals surface area contributed by atoms with E-state index >= 15 is 0 Å². The summed E-state index contributed by atoms with van der Waals surface area (Å²) in [5, 5.41) is 20.8. The SMILES string of the molecule is O=C(O)N1CCC[C@H]1c1ncc(-c2ccc([N+](=O)[O-])c(Sc3ccccc3)c2)[nH]1. The molecule has 0 unspecified atom stereocenters. The lowest BCUT2D eigenvalue weighted by Crippen LogP contribution is -2.29. The summed E-state index contributed by atoms with van der Waals surface area (Å²) in [5.74, 6) is 0.593. The molecule has 0 radical (unpaired) electrons. The molecule has 4 rings (SSSR count). The van der Waals surface area contributed by atoms with Crippen LogP contribution in [0.15, 0.2) is 64.5 Å². The van der Waals surface area contributed by atoms with E-state index in [-0.39, 0.29) is 11.7 Å². The lowest BCUT2D eigenvalue weighted by atomic mass is 10.1. The van der Waals surface area contributed by atoms with Gasteiger partial charge in [0, 0.05) is 23.1 Å². The molecule has 0 bridgehead atoms. The topological polar surface area (TPSA) is 112 Å². The van der Waals surface area contributed by atoms with Gasteiger partial charge < -0.3 is 10.1 Å². The number of likely N-dealkylation sites (tertiary alicyclic amines) is 1. The molecule has 0 saturated carbocycles. The molecule has 9 heteroatoms. The Hall–Kier alpha value is -3.33. The van der Waals surface area contributed by atoms with Crippen molar-refractivity contribution in [1.29, 1.82) is 0 Å². The Bertz CT molecular complexity index is 1050. The van der Waals surface area contributed by atoms with Crippen molar-refractivity contribution in [1.82, 2.24) is 14.9 Å². The van der Waals surface area contributed by atoms with Crippen LogP contribution in [0, 0.1) is 10.1 Å². The molecule has 2 aromatic carbocycles. The van der Waals surface area contributed by atoms with Crippen LogP contribution in [0.4, 0.5) is 10.5 Å². The minimum absolute atomic E-state index is 0.0372. The average molecular weight is 410 g/mol. The molecule has 1 atom stereocenters. The first-order valence-corrected chi connectivity index (χ1v) is 9.91. The summed E-state index contributed by atoms with van der Waals surface area (Å²) in [5.41, 5.74) is 1.49. The van der Waals surface area contributed by atoms with Gasteiger partial charge in [-0.2, -0.15) is 0 Å². The molecule has 1 fully saturated rings. The van der Waals surface area contributed by atoms with Gasteiger partial charge in [-0.25, -0.2) is 9.78 Å². The molecular weight excluding hydrogens is 392 g/mol. The quantitative estimate of drug-likeness (QED) is 0.454. The number of hydrogen-bond acceptors (Lipinski definition) is 5. The van der Waals surface area contributed by atoms with E-state index in [4.69, 9.17) is 0 Å². The van der Waals surface area contributed by atoms with Crippen molar-refractivity contribution in [2.45, 2.75) is 28.7 Å². The van der Waals surface area contributed by atoms with Gasteiger partial charge in [-0.1, -0.05) is 30.0 Å². The Kier molecular flexibility index (Phi) is 5.22. The summed E-state index contributed by atoms with van der Waals surface area (Å²) in [4.78, 5) is 32.9. The maximum atomic E-state index is 11.4. The monoisotopic (exact) mass is 410 g/mol. The van der Waals surface area contributed by atoms with Crippen molar-refractivity contribution in [2.24, 2.45) is 0 Å². The summed E-state index contributed by atoms with van der Waals surface area (Å²) in [6, 6.07) is 14.1. The zero-order valence-corrected chi connectivity index (χ0v) is 16.1. The number of carbonyl (C=O) groups is 1. The van der Waals surface area contributed by atoms with Gasteiger partial charge in [0.05, 0.1) is 27.8 Å². The molecule has 1 aromatic heterocycles. The molecule has 8 nitrogen and oxygen atoms in total. The van der Waals surface area contributed by atoms with Crippen LogP contribution in [-0.4, -0.2) is 37.5 Å². The number of hydrogen-bond donors (Lipinski definition) is 2. The fourth-order valence-electron chi connectivity index (χ4n) is 3.46. The standard InChI is InChI=1S/C20H18N4O4S/c25-20(26)23-10-4-7-17(23)19-21-12-15(22-19)13-8-9-16(24(27)28)18(11-13)29-14-5-2-1-3-6-14/h1-3,5-6,8-9,11-12,17H,4,7,10H2,(H,21,22)(H,25,26)/t17-/m0/s1. The fourth-order valence-corrected chi connectivity index (χ4v) is 4.44. The first kappa shape index (κ1) is 19.0. The van der Waals surface area contributed by atoms with Crippen molar-refractivity contribution in [3.05, 3.63) is 70.7 Å². The van der Waals surface area contributed by atoms with E-state index in [9.17, 15) is 20.0 Å². The highest BCUT2D eigenvalue weighted by atomic mass is 32.2. The Balaban J connectivity index is 1.65. The zero-order chi connectivity index (χ0) is 20.4. The highest BCUT2D eigenvalue weighted by molar-refractivity contribution is 7.99. The third-order valence-corrected chi connectivity index (χ3v) is 5.90. The van der Waals surface area contributed by atoms with Crippen LogP contribution in [0.3, 0.4) is 0 Å². The van der Waals surface area contributed by atoms with Gasteiger partial charge in [0.2, 0.25) is 0 Å². The lowest BCUT2D eigenvalue weighted by molar-refractivity contribution is -0.387. The van der Waals surface area contributed by atoms with E-state index in [1.165, 1.54) is 22.7 Å². The molecule has 2 heterocycles. The molecule has 29 heavy (non-hydrogen) atoms. The normalized spacial score (nSPS) is 16.1. The predicted molar refractivity (Wildman–Crippen MR) is 108 cm³/mol. The number of aromatic nitrogens is 2. The molecule has 148 valence electrons. The van der Waals surface area contributed by atoms with Gasteiger partial charge in [-0.05, 0) is 37.1 Å². The van der Waals surface area contributed by atoms with Crippen molar-refractivity contribution in [3.63, 3.8) is 0 Å². The van der Waals surface area contributed by atoms with Crippen LogP contribution in [0.1, 0.15) is 24.7 Å². The van der Waals surface area contributed by atoms with E-state index in [0.29, 0.717) is 29.4 Å². The number of nitro benzene ring substituents is 1. The van der Waals surface area contributed by atoms with E-state index in [2.05, 4.69) is 9.97 Å². The lowest BCUT2D eigenvalue weighted by Gasteiger charge is -2.19. The van der Waals surface area contributed by atoms with Gasteiger partial charge in [0.25, 0.3) is 5.69 Å². The number of imidazole rings is 1. The van der Waals surface area contributed by atoms with E-state index in [1.807, 2.05) is 30.3 Å². The van der Waals surface area contributed by atoms with E-state index in [1.54, 1.807) is 18.3 Å². The highest BCUT2D eigenvalue weighted by Crippen LogP contribution is 2.38. The van der Waals surface area contributed by atoms with Crippen LogP contribution >= 0.6 is 11.8 Å². The molecule has 0 aliphatic carbocycles. The molecule has 1 aliphatic heterocycles. The predicted octanol–water partition coefficient (Wildman–Crippen LogP) is 4.95. The smallest absolute Gasteiger partial charge is 0.407 e. The van der Waals surface area contributed by atoms with Crippen LogP contribution in [0.2, 0.25) is 0 Å². The van der Waals surface area contributed by atoms with Gasteiger partial charge in [0.15, 0.2) is 0 Å². The van der Waals surface area contributed by atoms with Gasteiger partial charge in [-0.15, -0.1) is 0 Å². The summed E-state index contributed by atoms with van der Waals surface area (Å²) >= 11 is 1.33. The summed E-state index contributed by atoms with van der Waals surface area (Å²) in [6.07, 6.45) is 2.20. The van der Waals surface area contributed by atoms with Gasteiger partial charge in [0.1, 0.15) is 5.82 Å². The zero-order valence-electron chi connectivity index (χ0n) is 15.3. The van der Waals surface area contributed by atoms with Crippen LogP contribution < -0.4 is 0 Å². The first-order chi connectivity index (χ1) is 14.0. The minimum atomic E-state index is -0.956. The molecule has 1 saturated heterocycles. The van der Waals surface area contributed by atoms with Crippen LogP contribution in [-0.2, 0) is 0 Å². The number of amides is 1. The van der Waals surface area contributed by atoms with Crippen molar-refractivity contribution in [2.75, 3.05) is 6.54 Å². The molecule has 2 N–H and O–H groups in total. The number of benzene rings is 2. The van der Waals surface area contributed by atoms with Crippen molar-refractivity contribution in [3.8, 4) is 11.3 Å². The molecule has 0 spiro atoms. The Morgan fingerprint density at radius 3 is 2.79 bits per heavy atom. The summed E-state index contributed by atoms with van der Waals surface area (Å²) < 4.78 is 0. The maximum absolute atomic E-state index is 11.4. The van der Waals surface area contributed by atoms with Crippen LogP contribution in [0.25, 0.3) is 11.3 Å². The molecular formula is C20H18N4O4S. The molecule has 1 amide bonds. The fraction of sp³-hybridized carbons (Fsp3) is 0.200. The number of nitro groups is 1. The number of rotatable bonds is 5. The molecule has 3 aromatic rings.